The van der Waals surface area contributed by atoms with Crippen LogP contribution in [0.4, 0.5) is 0 Å². The Kier molecular flexibility index (Phi) is 40.9. The van der Waals surface area contributed by atoms with E-state index >= 15 is 0 Å². The van der Waals surface area contributed by atoms with E-state index in [0.29, 0.717) is 17.4 Å². The molecule has 0 radical (unpaired) electrons. The van der Waals surface area contributed by atoms with Gasteiger partial charge in [-0.2, -0.15) is 0 Å². The van der Waals surface area contributed by atoms with Crippen molar-refractivity contribution >= 4 is 13.7 Å². The van der Waals surface area contributed by atoms with Gasteiger partial charge in [-0.25, -0.2) is 0 Å². The number of aliphatic hydroxyl groups excluding tert-OH is 1. The van der Waals surface area contributed by atoms with Crippen molar-refractivity contribution in [2.45, 2.75) is 187 Å². The van der Waals surface area contributed by atoms with Crippen LogP contribution in [0.2, 0.25) is 0 Å². The van der Waals surface area contributed by atoms with Gasteiger partial charge < -0.3 is 28.8 Å². The molecule has 0 bridgehead atoms. The average molecular weight is 871 g/mol. The van der Waals surface area contributed by atoms with Crippen LogP contribution in [0.5, 0.6) is 0 Å². The molecule has 0 aliphatic carbocycles. The molecule has 8 nitrogen and oxygen atoms in total. The van der Waals surface area contributed by atoms with Crippen LogP contribution in [-0.2, 0) is 18.4 Å². The Morgan fingerprint density at radius 2 is 1.00 bits per heavy atom. The van der Waals surface area contributed by atoms with Gasteiger partial charge in [0.25, 0.3) is 7.82 Å². The Labute approximate surface area is 375 Å². The number of hydrogen-bond acceptors (Lipinski definition) is 6. The molecule has 0 saturated heterocycles. The lowest BCUT2D eigenvalue weighted by atomic mass is 10.0. The van der Waals surface area contributed by atoms with Gasteiger partial charge in [0.2, 0.25) is 5.91 Å². The number of quaternary nitrogens is 1. The van der Waals surface area contributed by atoms with Gasteiger partial charge in [0, 0.05) is 6.42 Å². The van der Waals surface area contributed by atoms with E-state index in [1.165, 1.54) is 70.6 Å². The SMILES string of the molecule is CC/C=C\C/C=C\C/C=C\C/C=C\C/C=C\C/C=C\C/C=C\CCCCCCCCCCCCCCCC(=O)NC(COP(=O)([O-])OCC[N+](C)(C)C)C(O)/C=C/CCCC. The smallest absolute Gasteiger partial charge is 0.268 e. The summed E-state index contributed by atoms with van der Waals surface area (Å²) in [5.74, 6) is -0.213. The van der Waals surface area contributed by atoms with Gasteiger partial charge in [-0.05, 0) is 70.6 Å². The number of unbranched alkanes of at least 4 members (excludes halogenated alkanes) is 15. The van der Waals surface area contributed by atoms with Crippen molar-refractivity contribution in [1.29, 1.82) is 0 Å². The van der Waals surface area contributed by atoms with Crippen LogP contribution >= 0.6 is 7.82 Å². The van der Waals surface area contributed by atoms with Gasteiger partial charge in [0.05, 0.1) is 39.9 Å². The van der Waals surface area contributed by atoms with Crippen molar-refractivity contribution in [1.82, 2.24) is 5.32 Å². The maximum absolute atomic E-state index is 12.7. The van der Waals surface area contributed by atoms with Gasteiger partial charge in [-0.3, -0.25) is 9.36 Å². The number of hydrogen-bond donors (Lipinski definition) is 2. The maximum atomic E-state index is 12.7. The molecule has 61 heavy (non-hydrogen) atoms. The Bertz CT molecular complexity index is 1310. The lowest BCUT2D eigenvalue weighted by Gasteiger charge is -2.29. The van der Waals surface area contributed by atoms with Crippen molar-refractivity contribution in [3.8, 4) is 0 Å². The quantitative estimate of drug-likeness (QED) is 0.0274. The summed E-state index contributed by atoms with van der Waals surface area (Å²) < 4.78 is 22.9. The third-order valence-electron chi connectivity index (χ3n) is 10.0. The van der Waals surface area contributed by atoms with Gasteiger partial charge in [0.1, 0.15) is 13.2 Å². The minimum atomic E-state index is -4.57. The van der Waals surface area contributed by atoms with Crippen LogP contribution in [-0.4, -0.2) is 68.5 Å². The number of likely N-dealkylation sites (N-methyl/N-ethyl adjacent to an activating group) is 1. The molecule has 9 heteroatoms. The highest BCUT2D eigenvalue weighted by molar-refractivity contribution is 7.45. The minimum absolute atomic E-state index is 0.00638. The number of nitrogens with one attached hydrogen (secondary N) is 1. The van der Waals surface area contributed by atoms with Crippen molar-refractivity contribution in [3.05, 3.63) is 97.2 Å². The van der Waals surface area contributed by atoms with Gasteiger partial charge in [0.15, 0.2) is 0 Å². The van der Waals surface area contributed by atoms with Crippen LogP contribution in [0.25, 0.3) is 0 Å². The molecule has 3 atom stereocenters. The summed E-state index contributed by atoms with van der Waals surface area (Å²) in [6.07, 6.45) is 61.2. The summed E-state index contributed by atoms with van der Waals surface area (Å²) in [5, 5.41) is 13.5. The van der Waals surface area contributed by atoms with E-state index in [4.69, 9.17) is 9.05 Å². The average Bonchev–Trinajstić information content (AvgIpc) is 3.21. The predicted molar refractivity (Wildman–Crippen MR) is 260 cm³/mol. The summed E-state index contributed by atoms with van der Waals surface area (Å²) in [5.41, 5.74) is 0. The van der Waals surface area contributed by atoms with Crippen LogP contribution in [0.1, 0.15) is 174 Å². The number of amides is 1. The van der Waals surface area contributed by atoms with Gasteiger partial charge in [-0.1, -0.05) is 195 Å². The summed E-state index contributed by atoms with van der Waals surface area (Å²) in [7, 11) is 1.24. The number of carbonyl (C=O) groups excluding carboxylic acids is 1. The second kappa shape index (κ2) is 42.7. The molecule has 0 aliphatic rings. The second-order valence-corrected chi connectivity index (χ2v) is 18.5. The van der Waals surface area contributed by atoms with Crippen LogP contribution in [0, 0.1) is 0 Å². The fourth-order valence-electron chi connectivity index (χ4n) is 6.23. The molecule has 0 aromatic carbocycles. The first-order chi connectivity index (χ1) is 29.5. The molecule has 0 rings (SSSR count). The van der Waals surface area contributed by atoms with Gasteiger partial charge >= 0.3 is 0 Å². The zero-order valence-corrected chi connectivity index (χ0v) is 40.5. The van der Waals surface area contributed by atoms with Crippen LogP contribution in [0.15, 0.2) is 97.2 Å². The summed E-state index contributed by atoms with van der Waals surface area (Å²) in [6, 6.07) is -0.887. The molecule has 0 saturated carbocycles. The van der Waals surface area contributed by atoms with Gasteiger partial charge in [-0.15, -0.1) is 0 Å². The van der Waals surface area contributed by atoms with E-state index in [2.05, 4.69) is 104 Å². The number of phosphoric ester groups is 1. The highest BCUT2D eigenvalue weighted by Gasteiger charge is 2.23. The lowest BCUT2D eigenvalue weighted by Crippen LogP contribution is -2.45. The summed E-state index contributed by atoms with van der Waals surface area (Å²) in [6.45, 7) is 4.35. The summed E-state index contributed by atoms with van der Waals surface area (Å²) >= 11 is 0. The number of rotatable bonds is 42. The van der Waals surface area contributed by atoms with E-state index in [9.17, 15) is 19.4 Å². The van der Waals surface area contributed by atoms with Crippen LogP contribution in [0.3, 0.4) is 0 Å². The Morgan fingerprint density at radius 1 is 0.590 bits per heavy atom. The maximum Gasteiger partial charge on any atom is 0.268 e. The molecule has 0 heterocycles. The third-order valence-corrected chi connectivity index (χ3v) is 11.0. The number of nitrogens with zero attached hydrogens (tertiary/aromatic N) is 1. The predicted octanol–water partition coefficient (Wildman–Crippen LogP) is 13.3. The fraction of sp³-hybridized carbons (Fsp3) is 0.673. The van der Waals surface area contributed by atoms with E-state index in [-0.39, 0.29) is 19.1 Å². The first kappa shape index (κ1) is 58.4. The molecular formula is C52H91N2O6P. The van der Waals surface area contributed by atoms with Crippen molar-refractivity contribution in [2.75, 3.05) is 40.9 Å². The Hall–Kier alpha value is -2.58. The van der Waals surface area contributed by atoms with Crippen molar-refractivity contribution < 1.29 is 32.9 Å². The standard InChI is InChI=1S/C52H91N2O6P/c1-6-8-10-12-13-14-15-16-17-18-19-20-21-22-23-24-25-26-27-28-29-30-31-32-33-34-35-36-37-38-39-40-41-42-44-46-52(56)53-50(51(55)45-43-11-9-7-2)49-60-61(57,58)59-48-47-54(3,4)5/h8,10,13-14,16-17,19-20,22-23,25-26,28-29,43,45,50-51,55H,6-7,9,11-12,15,18,21,24,27,30-42,44,46-49H2,1-5H3,(H-,53,56,57,58)/b10-8-,14-13-,17-16-,20-19-,23-22-,26-25-,29-28-,45-43+. The Balaban J connectivity index is 3.87. The van der Waals surface area contributed by atoms with E-state index in [1.807, 2.05) is 27.2 Å². The van der Waals surface area contributed by atoms with Crippen molar-refractivity contribution in [2.24, 2.45) is 0 Å². The molecule has 350 valence electrons. The summed E-state index contributed by atoms with van der Waals surface area (Å²) in [4.78, 5) is 25.0. The van der Waals surface area contributed by atoms with Crippen LogP contribution < -0.4 is 10.2 Å². The number of allylic oxidation sites excluding steroid dienone is 15. The number of phosphoric acid groups is 1. The lowest BCUT2D eigenvalue weighted by molar-refractivity contribution is -0.870. The molecule has 0 aliphatic heterocycles. The molecule has 2 N–H and O–H groups in total. The first-order valence-electron chi connectivity index (χ1n) is 24.1. The molecule has 1 amide bonds. The highest BCUT2D eigenvalue weighted by Crippen LogP contribution is 2.38. The second-order valence-electron chi connectivity index (χ2n) is 17.1. The molecule has 0 aromatic rings. The highest BCUT2D eigenvalue weighted by atomic mass is 31.2. The molecule has 0 fully saturated rings. The first-order valence-corrected chi connectivity index (χ1v) is 25.6. The number of aliphatic hydroxyl groups is 1. The monoisotopic (exact) mass is 871 g/mol. The third kappa shape index (κ3) is 45.3. The molecule has 0 spiro atoms. The molecular weight excluding hydrogens is 780 g/mol. The van der Waals surface area contributed by atoms with E-state index < -0.39 is 20.0 Å². The largest absolute Gasteiger partial charge is 0.756 e. The van der Waals surface area contributed by atoms with E-state index in [0.717, 1.165) is 83.5 Å². The molecule has 3 unspecified atom stereocenters. The zero-order chi connectivity index (χ0) is 45.0. The molecule has 0 aromatic heterocycles. The fourth-order valence-corrected chi connectivity index (χ4v) is 6.96. The zero-order valence-electron chi connectivity index (χ0n) is 39.6. The van der Waals surface area contributed by atoms with E-state index in [1.54, 1.807) is 6.08 Å². The topological polar surface area (TPSA) is 108 Å². The minimum Gasteiger partial charge on any atom is -0.756 e. The van der Waals surface area contributed by atoms with Crippen molar-refractivity contribution in [3.63, 3.8) is 0 Å². The normalized spacial score (nSPS) is 15.1. The Morgan fingerprint density at radius 3 is 1.44 bits per heavy atom. The number of carbonyl (C=O) groups is 1.